The molecule has 0 bridgehead atoms. The van der Waals surface area contributed by atoms with Crippen molar-refractivity contribution in [1.82, 2.24) is 5.32 Å². The lowest BCUT2D eigenvalue weighted by atomic mass is 9.85. The first kappa shape index (κ1) is 14.2. The molecule has 1 aliphatic heterocycles. The summed E-state index contributed by atoms with van der Waals surface area (Å²) in [5, 5.41) is 3.04. The van der Waals surface area contributed by atoms with Crippen LogP contribution in [0.15, 0.2) is 78.9 Å². The second-order valence-corrected chi connectivity index (χ2v) is 6.39. The highest BCUT2D eigenvalue weighted by Crippen LogP contribution is 2.49. The predicted octanol–water partition coefficient (Wildman–Crippen LogP) is 4.26. The number of amides is 1. The summed E-state index contributed by atoms with van der Waals surface area (Å²) < 4.78 is 14.3. The van der Waals surface area contributed by atoms with E-state index in [4.69, 9.17) is 0 Å². The number of rotatable bonds is 1. The molecule has 1 atom stereocenters. The van der Waals surface area contributed by atoms with Crippen molar-refractivity contribution in [3.8, 4) is 0 Å². The molecule has 3 aromatic rings. The maximum Gasteiger partial charge on any atom is 0.255 e. The Labute approximate surface area is 144 Å². The Balaban J connectivity index is 1.84. The van der Waals surface area contributed by atoms with Crippen molar-refractivity contribution in [3.05, 3.63) is 113 Å². The van der Waals surface area contributed by atoms with Crippen LogP contribution in [0.1, 0.15) is 32.6 Å². The van der Waals surface area contributed by atoms with E-state index in [1.165, 1.54) is 6.07 Å². The predicted molar refractivity (Wildman–Crippen MR) is 94.6 cm³/mol. The first-order valence-electron chi connectivity index (χ1n) is 8.20. The summed E-state index contributed by atoms with van der Waals surface area (Å²) in [5.41, 5.74) is 4.17. The Morgan fingerprint density at radius 2 is 1.52 bits per heavy atom. The van der Waals surface area contributed by atoms with Gasteiger partial charge in [0.25, 0.3) is 5.91 Å². The minimum Gasteiger partial charge on any atom is -0.335 e. The molecule has 2 nitrogen and oxygen atoms in total. The van der Waals surface area contributed by atoms with Crippen LogP contribution in [0, 0.1) is 5.82 Å². The number of hydrogen-bond acceptors (Lipinski definition) is 1. The van der Waals surface area contributed by atoms with Gasteiger partial charge in [-0.3, -0.25) is 4.79 Å². The van der Waals surface area contributed by atoms with E-state index in [1.54, 1.807) is 6.07 Å². The molecule has 3 aromatic carbocycles. The fourth-order valence-corrected chi connectivity index (χ4v) is 4.01. The number of hydrogen-bond donors (Lipinski definition) is 1. The van der Waals surface area contributed by atoms with Gasteiger partial charge in [-0.1, -0.05) is 66.7 Å². The van der Waals surface area contributed by atoms with Gasteiger partial charge in [0, 0.05) is 5.56 Å². The lowest BCUT2D eigenvalue weighted by Crippen LogP contribution is -2.37. The van der Waals surface area contributed by atoms with E-state index in [-0.39, 0.29) is 11.5 Å². The van der Waals surface area contributed by atoms with Crippen LogP contribution >= 0.6 is 0 Å². The van der Waals surface area contributed by atoms with Gasteiger partial charge in [0.2, 0.25) is 0 Å². The van der Waals surface area contributed by atoms with Gasteiger partial charge in [-0.25, -0.2) is 4.39 Å². The van der Waals surface area contributed by atoms with E-state index < -0.39 is 11.4 Å². The van der Waals surface area contributed by atoms with Gasteiger partial charge >= 0.3 is 0 Å². The maximum absolute atomic E-state index is 14.3. The van der Waals surface area contributed by atoms with Crippen molar-refractivity contribution in [2.24, 2.45) is 0 Å². The number of halogens is 1. The van der Waals surface area contributed by atoms with Gasteiger partial charge in [-0.2, -0.15) is 0 Å². The monoisotopic (exact) mass is 327 g/mol. The Bertz CT molecular complexity index is 1050. The van der Waals surface area contributed by atoms with E-state index in [0.29, 0.717) is 5.56 Å². The van der Waals surface area contributed by atoms with Gasteiger partial charge in [0.1, 0.15) is 11.4 Å². The molecule has 1 heterocycles. The number of fused-ring (bicyclic) bond motifs is 4. The molecule has 1 spiro atoms. The summed E-state index contributed by atoms with van der Waals surface area (Å²) in [6.45, 7) is 0. The molecular formula is C22H14FNO. The van der Waals surface area contributed by atoms with Crippen molar-refractivity contribution in [2.75, 3.05) is 0 Å². The molecular weight excluding hydrogens is 313 g/mol. The topological polar surface area (TPSA) is 29.1 Å². The van der Waals surface area contributed by atoms with Gasteiger partial charge < -0.3 is 5.32 Å². The molecule has 120 valence electrons. The zero-order valence-corrected chi connectivity index (χ0v) is 13.3. The fourth-order valence-electron chi connectivity index (χ4n) is 4.01. The van der Waals surface area contributed by atoms with Gasteiger partial charge in [-0.15, -0.1) is 0 Å². The highest BCUT2D eigenvalue weighted by Gasteiger charge is 2.48. The second-order valence-electron chi connectivity index (χ2n) is 6.39. The largest absolute Gasteiger partial charge is 0.335 e. The standard InChI is InChI=1S/C22H14FNO/c23-19-12-6-11-18-20(19)21(25)24-22(18)13-16(14-7-2-1-3-8-14)15-9-4-5-10-17(15)22/h1-13H,(H,24,25). The molecule has 1 amide bonds. The average molecular weight is 327 g/mol. The summed E-state index contributed by atoms with van der Waals surface area (Å²) in [6.07, 6.45) is 2.05. The third kappa shape index (κ3) is 1.81. The maximum atomic E-state index is 14.3. The van der Waals surface area contributed by atoms with Crippen molar-refractivity contribution in [3.63, 3.8) is 0 Å². The first-order chi connectivity index (χ1) is 12.2. The molecule has 0 aromatic heterocycles. The van der Waals surface area contributed by atoms with Gasteiger partial charge in [0.05, 0.1) is 5.56 Å². The normalized spacial score (nSPS) is 20.2. The van der Waals surface area contributed by atoms with Crippen molar-refractivity contribution >= 4 is 11.5 Å². The summed E-state index contributed by atoms with van der Waals surface area (Å²) in [5.74, 6) is -0.848. The number of carbonyl (C=O) groups excluding carboxylic acids is 1. The number of nitrogens with one attached hydrogen (secondary N) is 1. The van der Waals surface area contributed by atoms with Crippen LogP contribution in [-0.2, 0) is 5.54 Å². The van der Waals surface area contributed by atoms with E-state index in [2.05, 4.69) is 11.4 Å². The summed E-state index contributed by atoms with van der Waals surface area (Å²) in [7, 11) is 0. The molecule has 5 rings (SSSR count). The molecule has 1 unspecified atom stereocenters. The Hall–Kier alpha value is -3.20. The Morgan fingerprint density at radius 3 is 2.36 bits per heavy atom. The minimum atomic E-state index is -0.809. The fraction of sp³-hybridized carbons (Fsp3) is 0.0455. The van der Waals surface area contributed by atoms with Gasteiger partial charge in [0.15, 0.2) is 0 Å². The van der Waals surface area contributed by atoms with Crippen LogP contribution in [0.4, 0.5) is 4.39 Å². The minimum absolute atomic E-state index is 0.142. The third-order valence-electron chi connectivity index (χ3n) is 5.06. The highest BCUT2D eigenvalue weighted by molar-refractivity contribution is 6.04. The van der Waals surface area contributed by atoms with E-state index in [0.717, 1.165) is 22.3 Å². The van der Waals surface area contributed by atoms with Crippen LogP contribution in [0.5, 0.6) is 0 Å². The second kappa shape index (κ2) is 4.90. The number of carbonyl (C=O) groups is 1. The van der Waals surface area contributed by atoms with E-state index in [1.807, 2.05) is 60.7 Å². The summed E-state index contributed by atoms with van der Waals surface area (Å²) >= 11 is 0. The molecule has 0 saturated carbocycles. The van der Waals surface area contributed by atoms with Crippen molar-refractivity contribution in [2.45, 2.75) is 5.54 Å². The summed E-state index contributed by atoms with van der Waals surface area (Å²) in [6, 6.07) is 22.9. The first-order valence-corrected chi connectivity index (χ1v) is 8.20. The van der Waals surface area contributed by atoms with Crippen LogP contribution in [0.3, 0.4) is 0 Å². The van der Waals surface area contributed by atoms with Crippen molar-refractivity contribution in [1.29, 1.82) is 0 Å². The zero-order valence-electron chi connectivity index (χ0n) is 13.3. The van der Waals surface area contributed by atoms with Crippen LogP contribution in [0.2, 0.25) is 0 Å². The van der Waals surface area contributed by atoms with E-state index >= 15 is 0 Å². The lowest BCUT2D eigenvalue weighted by Gasteiger charge is -2.25. The average Bonchev–Trinajstić information content (AvgIpc) is 3.13. The smallest absolute Gasteiger partial charge is 0.255 e. The lowest BCUT2D eigenvalue weighted by molar-refractivity contribution is 0.0947. The molecule has 1 N–H and O–H groups in total. The quantitative estimate of drug-likeness (QED) is 0.711. The summed E-state index contributed by atoms with van der Waals surface area (Å²) in [4.78, 5) is 12.5. The number of benzene rings is 3. The molecule has 25 heavy (non-hydrogen) atoms. The Kier molecular flexibility index (Phi) is 2.78. The van der Waals surface area contributed by atoms with Crippen molar-refractivity contribution < 1.29 is 9.18 Å². The molecule has 3 heteroatoms. The SMILES string of the molecule is O=C1NC2(C=C(c3ccccc3)c3ccccc32)c2cccc(F)c21. The molecule has 0 fully saturated rings. The molecule has 0 saturated heterocycles. The molecule has 2 aliphatic rings. The molecule has 1 aliphatic carbocycles. The van der Waals surface area contributed by atoms with Gasteiger partial charge in [-0.05, 0) is 34.4 Å². The highest BCUT2D eigenvalue weighted by atomic mass is 19.1. The van der Waals surface area contributed by atoms with Crippen LogP contribution in [-0.4, -0.2) is 5.91 Å². The molecule has 0 radical (unpaired) electrons. The zero-order chi connectivity index (χ0) is 17.0. The Morgan fingerprint density at radius 1 is 0.800 bits per heavy atom. The third-order valence-corrected chi connectivity index (χ3v) is 5.06. The van der Waals surface area contributed by atoms with Crippen LogP contribution < -0.4 is 5.32 Å². The van der Waals surface area contributed by atoms with E-state index in [9.17, 15) is 9.18 Å². The van der Waals surface area contributed by atoms with Crippen LogP contribution in [0.25, 0.3) is 5.57 Å².